The standard InChI is InChI=1S/C25H20ClN5O3/c1-15-11-12-17(13-18(15)26)27-22(32)14-30-25(33)31-20-9-5-4-8-19(20)28-24(23(31)29-30)34-21-10-6-3-7-16(21)2/h3-13H,14H2,1-2H3,(H,27,32). The SMILES string of the molecule is Cc1ccc(NC(=O)Cn2nc3c(Oc4ccccc4C)nc4ccccc4n3c2=O)cc1Cl. The number of nitrogens with zero attached hydrogens (tertiary/aromatic N) is 4. The highest BCUT2D eigenvalue weighted by Gasteiger charge is 2.19. The Morgan fingerprint density at radius 2 is 1.79 bits per heavy atom. The van der Waals surface area contributed by atoms with E-state index in [0.717, 1.165) is 15.8 Å². The van der Waals surface area contributed by atoms with Gasteiger partial charge in [0.25, 0.3) is 5.88 Å². The van der Waals surface area contributed by atoms with E-state index < -0.39 is 11.6 Å². The lowest BCUT2D eigenvalue weighted by molar-refractivity contribution is -0.117. The van der Waals surface area contributed by atoms with Crippen LogP contribution in [0.15, 0.2) is 71.5 Å². The van der Waals surface area contributed by atoms with Crippen molar-refractivity contribution in [2.75, 3.05) is 5.32 Å². The summed E-state index contributed by atoms with van der Waals surface area (Å²) in [6, 6.07) is 19.9. The maximum absolute atomic E-state index is 13.3. The zero-order chi connectivity index (χ0) is 23.8. The van der Waals surface area contributed by atoms with E-state index in [0.29, 0.717) is 27.5 Å². The molecule has 3 aromatic carbocycles. The topological polar surface area (TPSA) is 90.5 Å². The van der Waals surface area contributed by atoms with Gasteiger partial charge < -0.3 is 10.1 Å². The van der Waals surface area contributed by atoms with Crippen LogP contribution in [0.4, 0.5) is 5.69 Å². The Hall–Kier alpha value is -4.17. The van der Waals surface area contributed by atoms with Crippen LogP contribution in [0, 0.1) is 13.8 Å². The van der Waals surface area contributed by atoms with Crippen molar-refractivity contribution >= 4 is 39.9 Å². The van der Waals surface area contributed by atoms with Gasteiger partial charge in [-0.05, 0) is 55.3 Å². The molecule has 0 spiro atoms. The molecule has 0 aliphatic rings. The molecule has 0 saturated carbocycles. The first kappa shape index (κ1) is 21.7. The molecule has 0 fully saturated rings. The van der Waals surface area contributed by atoms with Crippen LogP contribution in [0.25, 0.3) is 16.7 Å². The van der Waals surface area contributed by atoms with Crippen molar-refractivity contribution in [2.24, 2.45) is 0 Å². The number of aromatic nitrogens is 4. The largest absolute Gasteiger partial charge is 0.436 e. The minimum Gasteiger partial charge on any atom is -0.436 e. The van der Waals surface area contributed by atoms with Crippen molar-refractivity contribution in [1.82, 2.24) is 19.2 Å². The highest BCUT2D eigenvalue weighted by atomic mass is 35.5. The van der Waals surface area contributed by atoms with E-state index in [9.17, 15) is 9.59 Å². The fourth-order valence-electron chi connectivity index (χ4n) is 3.62. The zero-order valence-electron chi connectivity index (χ0n) is 18.4. The molecular formula is C25H20ClN5O3. The van der Waals surface area contributed by atoms with Crippen LogP contribution in [0.2, 0.25) is 5.02 Å². The van der Waals surface area contributed by atoms with Crippen LogP contribution < -0.4 is 15.7 Å². The van der Waals surface area contributed by atoms with Crippen LogP contribution in [0.1, 0.15) is 11.1 Å². The van der Waals surface area contributed by atoms with Gasteiger partial charge in [0.2, 0.25) is 11.6 Å². The number of carbonyl (C=O) groups excluding carboxylic acids is 1. The number of anilines is 1. The van der Waals surface area contributed by atoms with Gasteiger partial charge in [-0.3, -0.25) is 4.79 Å². The van der Waals surface area contributed by atoms with Crippen LogP contribution in [0.5, 0.6) is 11.6 Å². The summed E-state index contributed by atoms with van der Waals surface area (Å²) in [6.07, 6.45) is 0. The van der Waals surface area contributed by atoms with Crippen molar-refractivity contribution in [3.8, 4) is 11.6 Å². The average Bonchev–Trinajstić information content (AvgIpc) is 3.14. The maximum atomic E-state index is 13.3. The predicted molar refractivity (Wildman–Crippen MR) is 131 cm³/mol. The monoisotopic (exact) mass is 473 g/mol. The summed E-state index contributed by atoms with van der Waals surface area (Å²) in [5, 5.41) is 7.68. The lowest BCUT2D eigenvalue weighted by Gasteiger charge is -2.09. The molecule has 5 rings (SSSR count). The van der Waals surface area contributed by atoms with Gasteiger partial charge in [0.1, 0.15) is 12.3 Å². The molecule has 170 valence electrons. The van der Waals surface area contributed by atoms with E-state index in [1.807, 2.05) is 56.3 Å². The van der Waals surface area contributed by atoms with Gasteiger partial charge in [-0.2, -0.15) is 0 Å². The highest BCUT2D eigenvalue weighted by molar-refractivity contribution is 6.31. The Kier molecular flexibility index (Phi) is 5.51. The molecule has 0 aliphatic heterocycles. The lowest BCUT2D eigenvalue weighted by atomic mass is 10.2. The third kappa shape index (κ3) is 3.99. The molecule has 9 heteroatoms. The molecule has 0 unspecified atom stereocenters. The normalized spacial score (nSPS) is 11.1. The summed E-state index contributed by atoms with van der Waals surface area (Å²) in [5.74, 6) is 0.363. The van der Waals surface area contributed by atoms with E-state index in [-0.39, 0.29) is 18.1 Å². The number of carbonyl (C=O) groups is 1. The van der Waals surface area contributed by atoms with E-state index >= 15 is 0 Å². The Balaban J connectivity index is 1.56. The Bertz CT molecular complexity index is 1620. The van der Waals surface area contributed by atoms with Gasteiger partial charge in [-0.25, -0.2) is 18.9 Å². The van der Waals surface area contributed by atoms with Crippen molar-refractivity contribution < 1.29 is 9.53 Å². The van der Waals surface area contributed by atoms with Crippen molar-refractivity contribution in [1.29, 1.82) is 0 Å². The van der Waals surface area contributed by atoms with E-state index in [1.54, 1.807) is 24.3 Å². The zero-order valence-corrected chi connectivity index (χ0v) is 19.2. The van der Waals surface area contributed by atoms with E-state index in [4.69, 9.17) is 16.3 Å². The summed E-state index contributed by atoms with van der Waals surface area (Å²) in [7, 11) is 0. The quantitative estimate of drug-likeness (QED) is 0.398. The number of para-hydroxylation sites is 3. The number of aryl methyl sites for hydroxylation is 2. The molecule has 8 nitrogen and oxygen atoms in total. The number of nitrogens with one attached hydrogen (secondary N) is 1. The minimum atomic E-state index is -0.472. The van der Waals surface area contributed by atoms with E-state index in [1.165, 1.54) is 4.40 Å². The van der Waals surface area contributed by atoms with Gasteiger partial charge in [0.15, 0.2) is 0 Å². The molecule has 0 atom stereocenters. The van der Waals surface area contributed by atoms with Gasteiger partial charge >= 0.3 is 5.69 Å². The molecule has 0 bridgehead atoms. The molecule has 34 heavy (non-hydrogen) atoms. The molecule has 1 amide bonds. The number of fused-ring (bicyclic) bond motifs is 3. The maximum Gasteiger partial charge on any atom is 0.351 e. The minimum absolute atomic E-state index is 0.176. The Labute approximate surface area is 199 Å². The summed E-state index contributed by atoms with van der Waals surface area (Å²) < 4.78 is 8.57. The average molecular weight is 474 g/mol. The lowest BCUT2D eigenvalue weighted by Crippen LogP contribution is -2.28. The highest BCUT2D eigenvalue weighted by Crippen LogP contribution is 2.28. The van der Waals surface area contributed by atoms with Crippen molar-refractivity contribution in [2.45, 2.75) is 20.4 Å². The summed E-state index contributed by atoms with van der Waals surface area (Å²) in [6.45, 7) is 3.50. The Morgan fingerprint density at radius 1 is 1.03 bits per heavy atom. The first-order valence-electron chi connectivity index (χ1n) is 10.6. The number of amides is 1. The molecule has 2 aromatic heterocycles. The van der Waals surface area contributed by atoms with Crippen LogP contribution in [0.3, 0.4) is 0 Å². The van der Waals surface area contributed by atoms with E-state index in [2.05, 4.69) is 15.4 Å². The molecule has 1 N–H and O–H groups in total. The number of ether oxygens (including phenoxy) is 1. The number of rotatable bonds is 5. The Morgan fingerprint density at radius 3 is 2.59 bits per heavy atom. The molecular weight excluding hydrogens is 454 g/mol. The van der Waals surface area contributed by atoms with Gasteiger partial charge in [-0.1, -0.05) is 48.0 Å². The molecule has 0 saturated heterocycles. The number of hydrogen-bond acceptors (Lipinski definition) is 5. The third-order valence-electron chi connectivity index (χ3n) is 5.42. The summed E-state index contributed by atoms with van der Waals surface area (Å²) in [4.78, 5) is 30.5. The van der Waals surface area contributed by atoms with Crippen LogP contribution >= 0.6 is 11.6 Å². The fraction of sp³-hybridized carbons (Fsp3) is 0.120. The second-order valence-electron chi connectivity index (χ2n) is 7.88. The van der Waals surface area contributed by atoms with Gasteiger partial charge in [0, 0.05) is 10.7 Å². The van der Waals surface area contributed by atoms with Crippen LogP contribution in [-0.2, 0) is 11.3 Å². The second kappa shape index (κ2) is 8.64. The van der Waals surface area contributed by atoms with Gasteiger partial charge in [0.05, 0.1) is 11.0 Å². The first-order valence-corrected chi connectivity index (χ1v) is 11.0. The molecule has 2 heterocycles. The molecule has 0 aliphatic carbocycles. The molecule has 0 radical (unpaired) electrons. The van der Waals surface area contributed by atoms with Crippen molar-refractivity contribution in [3.63, 3.8) is 0 Å². The number of halogens is 1. The summed E-state index contributed by atoms with van der Waals surface area (Å²) in [5.41, 5.74) is 3.23. The van der Waals surface area contributed by atoms with Crippen LogP contribution in [-0.4, -0.2) is 25.1 Å². The summed E-state index contributed by atoms with van der Waals surface area (Å²) >= 11 is 6.14. The smallest absolute Gasteiger partial charge is 0.351 e. The number of hydrogen-bond donors (Lipinski definition) is 1. The first-order chi connectivity index (χ1) is 16.4. The third-order valence-corrected chi connectivity index (χ3v) is 5.83. The van der Waals surface area contributed by atoms with Crippen molar-refractivity contribution in [3.05, 3.63) is 93.4 Å². The van der Waals surface area contributed by atoms with Gasteiger partial charge in [-0.15, -0.1) is 5.10 Å². The predicted octanol–water partition coefficient (Wildman–Crippen LogP) is 4.75. The second-order valence-corrected chi connectivity index (χ2v) is 8.29. The molecule has 5 aromatic rings. The fourth-order valence-corrected chi connectivity index (χ4v) is 3.80. The number of benzene rings is 3.